The minimum atomic E-state index is -0.207. The molecule has 0 bridgehead atoms. The van der Waals surface area contributed by atoms with Crippen molar-refractivity contribution < 1.29 is 14.0 Å². The maximum absolute atomic E-state index is 5.51. The molecule has 0 radical (unpaired) electrons. The maximum atomic E-state index is 5.51. The van der Waals surface area contributed by atoms with Crippen LogP contribution in [0.25, 0.3) is 0 Å². The van der Waals surface area contributed by atoms with Gasteiger partial charge in [0.1, 0.15) is 6.10 Å². The molecule has 2 N–H and O–H groups in total. The minimum Gasteiger partial charge on any atom is -0.376 e. The van der Waals surface area contributed by atoms with Crippen molar-refractivity contribution in [2.24, 2.45) is 5.73 Å². The van der Waals surface area contributed by atoms with Crippen molar-refractivity contribution in [3.8, 4) is 0 Å². The van der Waals surface area contributed by atoms with E-state index in [1.807, 2.05) is 6.92 Å². The Morgan fingerprint density at radius 1 is 1.53 bits per heavy atom. The molecule has 0 aromatic carbocycles. The van der Waals surface area contributed by atoms with Gasteiger partial charge in [-0.3, -0.25) is 0 Å². The first-order chi connectivity index (χ1) is 7.31. The maximum Gasteiger partial charge on any atom is 0.230 e. The highest BCUT2D eigenvalue weighted by atomic mass is 16.6. The van der Waals surface area contributed by atoms with Gasteiger partial charge in [0.05, 0.1) is 19.8 Å². The van der Waals surface area contributed by atoms with Crippen LogP contribution < -0.4 is 5.73 Å². The average molecular weight is 213 g/mol. The second-order valence-electron chi connectivity index (χ2n) is 3.56. The summed E-state index contributed by atoms with van der Waals surface area (Å²) in [5.41, 5.74) is 5.51. The van der Waals surface area contributed by atoms with Crippen molar-refractivity contribution in [1.29, 1.82) is 0 Å². The van der Waals surface area contributed by atoms with Gasteiger partial charge in [-0.05, 0) is 0 Å². The van der Waals surface area contributed by atoms with E-state index in [2.05, 4.69) is 10.1 Å². The topological polar surface area (TPSA) is 83.4 Å². The summed E-state index contributed by atoms with van der Waals surface area (Å²) in [6.45, 7) is 4.11. The lowest BCUT2D eigenvalue weighted by molar-refractivity contribution is -0.0941. The SMILES string of the molecule is CC(CN)c1nc(C2COCCO2)no1. The fraction of sp³-hybridized carbons (Fsp3) is 0.778. The average Bonchev–Trinajstić information content (AvgIpc) is 2.78. The predicted octanol–water partition coefficient (Wildman–Crippen LogP) is 0.220. The lowest BCUT2D eigenvalue weighted by Crippen LogP contribution is -2.22. The molecule has 0 aliphatic carbocycles. The van der Waals surface area contributed by atoms with E-state index in [0.29, 0.717) is 38.1 Å². The fourth-order valence-corrected chi connectivity index (χ4v) is 1.32. The Balaban J connectivity index is 2.05. The molecule has 1 fully saturated rings. The Labute approximate surface area is 87.7 Å². The number of ether oxygens (including phenoxy) is 2. The van der Waals surface area contributed by atoms with Gasteiger partial charge >= 0.3 is 0 Å². The highest BCUT2D eigenvalue weighted by Gasteiger charge is 2.23. The van der Waals surface area contributed by atoms with Crippen LogP contribution >= 0.6 is 0 Å². The Kier molecular flexibility index (Phi) is 3.30. The van der Waals surface area contributed by atoms with E-state index in [9.17, 15) is 0 Å². The van der Waals surface area contributed by atoms with E-state index >= 15 is 0 Å². The van der Waals surface area contributed by atoms with Gasteiger partial charge < -0.3 is 19.7 Å². The number of nitrogens with zero attached hydrogens (tertiary/aromatic N) is 2. The minimum absolute atomic E-state index is 0.0794. The van der Waals surface area contributed by atoms with Crippen molar-refractivity contribution in [1.82, 2.24) is 10.1 Å². The Morgan fingerprint density at radius 3 is 3.07 bits per heavy atom. The van der Waals surface area contributed by atoms with E-state index in [1.165, 1.54) is 0 Å². The van der Waals surface area contributed by atoms with Gasteiger partial charge in [0.2, 0.25) is 11.7 Å². The first kappa shape index (κ1) is 10.5. The van der Waals surface area contributed by atoms with Gasteiger partial charge in [0.15, 0.2) is 0 Å². The molecule has 0 spiro atoms. The smallest absolute Gasteiger partial charge is 0.230 e. The fourth-order valence-electron chi connectivity index (χ4n) is 1.32. The van der Waals surface area contributed by atoms with Crippen LogP contribution in [0.2, 0.25) is 0 Å². The summed E-state index contributed by atoms with van der Waals surface area (Å²) >= 11 is 0. The molecule has 84 valence electrons. The number of aromatic nitrogens is 2. The van der Waals surface area contributed by atoms with Crippen molar-refractivity contribution in [3.63, 3.8) is 0 Å². The van der Waals surface area contributed by atoms with Crippen LogP contribution in [0.4, 0.5) is 0 Å². The monoisotopic (exact) mass is 213 g/mol. The molecule has 6 heteroatoms. The van der Waals surface area contributed by atoms with Crippen molar-refractivity contribution in [2.75, 3.05) is 26.4 Å². The van der Waals surface area contributed by atoms with Gasteiger partial charge in [-0.1, -0.05) is 12.1 Å². The zero-order valence-corrected chi connectivity index (χ0v) is 8.68. The zero-order chi connectivity index (χ0) is 10.7. The quantitative estimate of drug-likeness (QED) is 0.773. The van der Waals surface area contributed by atoms with Crippen molar-refractivity contribution >= 4 is 0 Å². The molecule has 1 aromatic rings. The van der Waals surface area contributed by atoms with Gasteiger partial charge in [-0.25, -0.2) is 0 Å². The molecular weight excluding hydrogens is 198 g/mol. The van der Waals surface area contributed by atoms with Crippen LogP contribution in [0.15, 0.2) is 4.52 Å². The summed E-state index contributed by atoms with van der Waals surface area (Å²) in [6, 6.07) is 0. The Morgan fingerprint density at radius 2 is 2.40 bits per heavy atom. The summed E-state index contributed by atoms with van der Waals surface area (Å²) in [5, 5.41) is 3.86. The lowest BCUT2D eigenvalue weighted by Gasteiger charge is -2.19. The highest BCUT2D eigenvalue weighted by Crippen LogP contribution is 2.20. The van der Waals surface area contributed by atoms with Gasteiger partial charge in [-0.2, -0.15) is 4.98 Å². The molecule has 1 aliphatic rings. The van der Waals surface area contributed by atoms with Crippen molar-refractivity contribution in [3.05, 3.63) is 11.7 Å². The Hall–Kier alpha value is -0.980. The molecule has 1 saturated heterocycles. The van der Waals surface area contributed by atoms with Gasteiger partial charge in [0.25, 0.3) is 0 Å². The third-order valence-corrected chi connectivity index (χ3v) is 2.34. The molecule has 0 saturated carbocycles. The third-order valence-electron chi connectivity index (χ3n) is 2.34. The van der Waals surface area contributed by atoms with Crippen LogP contribution in [0, 0.1) is 0 Å². The number of rotatable bonds is 3. The molecule has 6 nitrogen and oxygen atoms in total. The van der Waals surface area contributed by atoms with Gasteiger partial charge in [0, 0.05) is 12.5 Å². The number of hydrogen-bond donors (Lipinski definition) is 1. The summed E-state index contributed by atoms with van der Waals surface area (Å²) in [4.78, 5) is 4.24. The second-order valence-corrected chi connectivity index (χ2v) is 3.56. The largest absolute Gasteiger partial charge is 0.376 e. The highest BCUT2D eigenvalue weighted by molar-refractivity contribution is 4.96. The van der Waals surface area contributed by atoms with E-state index in [1.54, 1.807) is 0 Å². The third kappa shape index (κ3) is 2.34. The molecule has 0 amide bonds. The zero-order valence-electron chi connectivity index (χ0n) is 8.68. The predicted molar refractivity (Wildman–Crippen MR) is 51.3 cm³/mol. The van der Waals surface area contributed by atoms with Crippen LogP contribution in [0.5, 0.6) is 0 Å². The van der Waals surface area contributed by atoms with E-state index in [-0.39, 0.29) is 12.0 Å². The Bertz CT molecular complexity index is 309. The van der Waals surface area contributed by atoms with E-state index in [4.69, 9.17) is 19.7 Å². The summed E-state index contributed by atoms with van der Waals surface area (Å²) in [7, 11) is 0. The molecule has 2 rings (SSSR count). The number of hydrogen-bond acceptors (Lipinski definition) is 6. The molecule has 2 atom stereocenters. The lowest BCUT2D eigenvalue weighted by atomic mass is 10.2. The molecule has 1 aliphatic heterocycles. The van der Waals surface area contributed by atoms with E-state index < -0.39 is 0 Å². The van der Waals surface area contributed by atoms with Crippen molar-refractivity contribution in [2.45, 2.75) is 18.9 Å². The molecule has 15 heavy (non-hydrogen) atoms. The molecule has 2 unspecified atom stereocenters. The molecule has 2 heterocycles. The number of nitrogens with two attached hydrogens (primary N) is 1. The standard InChI is InChI=1S/C9H15N3O3/c1-6(4-10)9-11-8(12-15-9)7-5-13-2-3-14-7/h6-7H,2-5,10H2,1H3. The second kappa shape index (κ2) is 4.69. The summed E-state index contributed by atoms with van der Waals surface area (Å²) < 4.78 is 15.8. The summed E-state index contributed by atoms with van der Waals surface area (Å²) in [5.74, 6) is 1.18. The normalized spacial score (nSPS) is 24.0. The van der Waals surface area contributed by atoms with Crippen LogP contribution in [-0.4, -0.2) is 36.5 Å². The van der Waals surface area contributed by atoms with E-state index in [0.717, 1.165) is 0 Å². The first-order valence-corrected chi connectivity index (χ1v) is 5.04. The van der Waals surface area contributed by atoms with Crippen LogP contribution in [0.3, 0.4) is 0 Å². The summed E-state index contributed by atoms with van der Waals surface area (Å²) in [6.07, 6.45) is -0.207. The van der Waals surface area contributed by atoms with Crippen LogP contribution in [0.1, 0.15) is 30.7 Å². The molecule has 1 aromatic heterocycles. The first-order valence-electron chi connectivity index (χ1n) is 5.04. The molecular formula is C9H15N3O3. The van der Waals surface area contributed by atoms with Crippen LogP contribution in [-0.2, 0) is 9.47 Å². The van der Waals surface area contributed by atoms with Gasteiger partial charge in [-0.15, -0.1) is 0 Å².